The molecule has 0 unspecified atom stereocenters. The molecule has 0 N–H and O–H groups in total. The van der Waals surface area contributed by atoms with Gasteiger partial charge in [0.15, 0.2) is 0 Å². The van der Waals surface area contributed by atoms with Gasteiger partial charge in [-0.3, -0.25) is 0 Å². The molecule has 0 heterocycles. The maximum atomic E-state index is 12.2. The van der Waals surface area contributed by atoms with Crippen molar-refractivity contribution in [2.75, 3.05) is 25.6 Å². The summed E-state index contributed by atoms with van der Waals surface area (Å²) in [6.07, 6.45) is 2.24. The minimum Gasteiger partial charge on any atom is -0.207 e. The summed E-state index contributed by atoms with van der Waals surface area (Å²) in [5, 5.41) is 8.56. The zero-order chi connectivity index (χ0) is 13.6. The molecule has 1 aromatic carbocycles. The Morgan fingerprint density at radius 2 is 1.94 bits per heavy atom. The fraction of sp³-hybridized carbons (Fsp3) is 0.417. The van der Waals surface area contributed by atoms with Gasteiger partial charge in [0.1, 0.15) is 0 Å². The second-order valence-electron chi connectivity index (χ2n) is 3.80. The van der Waals surface area contributed by atoms with Crippen molar-refractivity contribution >= 4 is 21.8 Å². The topological polar surface area (TPSA) is 61.2 Å². The molecule has 0 atom stereocenters. The van der Waals surface area contributed by atoms with Crippen LogP contribution in [0.4, 0.5) is 0 Å². The van der Waals surface area contributed by atoms with Crippen LogP contribution in [-0.4, -0.2) is 38.3 Å². The summed E-state index contributed by atoms with van der Waals surface area (Å²) >= 11 is 1.61. The smallest absolute Gasteiger partial charge is 0.207 e. The molecule has 0 aromatic heterocycles. The first-order valence-corrected chi connectivity index (χ1v) is 8.27. The molecule has 0 aliphatic rings. The zero-order valence-corrected chi connectivity index (χ0v) is 12.1. The van der Waals surface area contributed by atoms with E-state index in [1.165, 1.54) is 4.31 Å². The maximum Gasteiger partial charge on any atom is 0.242 e. The van der Waals surface area contributed by atoms with E-state index >= 15 is 0 Å². The van der Waals surface area contributed by atoms with Gasteiger partial charge in [-0.2, -0.15) is 17.0 Å². The second kappa shape index (κ2) is 6.78. The molecule has 0 aliphatic carbocycles. The molecule has 0 saturated carbocycles. The highest BCUT2D eigenvalue weighted by molar-refractivity contribution is 7.98. The van der Waals surface area contributed by atoms with Gasteiger partial charge < -0.3 is 0 Å². The van der Waals surface area contributed by atoms with Crippen molar-refractivity contribution in [3.05, 3.63) is 29.8 Å². The number of nitrogens with zero attached hydrogens (tertiary/aromatic N) is 2. The lowest BCUT2D eigenvalue weighted by Crippen LogP contribution is -2.29. The van der Waals surface area contributed by atoms with Gasteiger partial charge in [0, 0.05) is 19.3 Å². The number of rotatable bonds is 6. The molecule has 98 valence electrons. The van der Waals surface area contributed by atoms with Crippen LogP contribution in [0.5, 0.6) is 0 Å². The lowest BCUT2D eigenvalue weighted by atomic mass is 10.2. The van der Waals surface area contributed by atoms with Crippen LogP contribution in [0.15, 0.2) is 29.2 Å². The van der Waals surface area contributed by atoms with Crippen molar-refractivity contribution in [3.63, 3.8) is 0 Å². The first kappa shape index (κ1) is 15.0. The standard InChI is InChI=1S/C12H16N2O2S2/c1-14(9-10-17-2)18(15,16)12-5-3-11(4-6-12)7-8-13/h3-6H,7,9-10H2,1-2H3. The monoisotopic (exact) mass is 284 g/mol. The second-order valence-corrected chi connectivity index (χ2v) is 6.83. The van der Waals surface area contributed by atoms with Gasteiger partial charge in [-0.05, 0) is 24.0 Å². The third-order valence-electron chi connectivity index (χ3n) is 2.53. The van der Waals surface area contributed by atoms with Crippen LogP contribution in [-0.2, 0) is 16.4 Å². The van der Waals surface area contributed by atoms with Gasteiger partial charge in [0.05, 0.1) is 17.4 Å². The summed E-state index contributed by atoms with van der Waals surface area (Å²) in [7, 11) is -1.83. The number of hydrogen-bond acceptors (Lipinski definition) is 4. The van der Waals surface area contributed by atoms with Crippen molar-refractivity contribution in [1.29, 1.82) is 5.26 Å². The molecule has 1 rings (SSSR count). The van der Waals surface area contributed by atoms with E-state index in [-0.39, 0.29) is 4.90 Å². The number of sulfonamides is 1. The van der Waals surface area contributed by atoms with Crippen LogP contribution in [0.3, 0.4) is 0 Å². The van der Waals surface area contributed by atoms with Crippen LogP contribution in [0.2, 0.25) is 0 Å². The predicted molar refractivity (Wildman–Crippen MR) is 74.0 cm³/mol. The first-order valence-electron chi connectivity index (χ1n) is 5.43. The van der Waals surface area contributed by atoms with Crippen LogP contribution >= 0.6 is 11.8 Å². The third kappa shape index (κ3) is 3.73. The Hall–Kier alpha value is -1.03. The number of thioether (sulfide) groups is 1. The zero-order valence-electron chi connectivity index (χ0n) is 10.5. The molecule has 1 aromatic rings. The molecule has 0 fully saturated rings. The van der Waals surface area contributed by atoms with E-state index in [1.807, 2.05) is 12.3 Å². The van der Waals surface area contributed by atoms with Crippen LogP contribution in [0, 0.1) is 11.3 Å². The molecule has 18 heavy (non-hydrogen) atoms. The molecular formula is C12H16N2O2S2. The summed E-state index contributed by atoms with van der Waals surface area (Å²) in [5.41, 5.74) is 0.822. The minimum atomic E-state index is -3.41. The minimum absolute atomic E-state index is 0.271. The van der Waals surface area contributed by atoms with Crippen molar-refractivity contribution in [3.8, 4) is 6.07 Å². The van der Waals surface area contributed by atoms with Crippen LogP contribution in [0.1, 0.15) is 5.56 Å². The van der Waals surface area contributed by atoms with Gasteiger partial charge in [-0.1, -0.05) is 12.1 Å². The molecule has 0 radical (unpaired) electrons. The third-order valence-corrected chi connectivity index (χ3v) is 4.99. The average molecular weight is 284 g/mol. The normalized spacial score (nSPS) is 11.4. The number of hydrogen-bond donors (Lipinski definition) is 0. The molecule has 0 bridgehead atoms. The molecular weight excluding hydrogens is 268 g/mol. The Morgan fingerprint density at radius 1 is 1.33 bits per heavy atom. The van der Waals surface area contributed by atoms with Crippen LogP contribution < -0.4 is 0 Å². The van der Waals surface area contributed by atoms with Gasteiger partial charge in [-0.15, -0.1) is 0 Å². The van der Waals surface area contributed by atoms with Gasteiger partial charge in [0.25, 0.3) is 0 Å². The van der Waals surface area contributed by atoms with E-state index in [2.05, 4.69) is 0 Å². The molecule has 0 aliphatic heterocycles. The first-order chi connectivity index (χ1) is 8.52. The van der Waals surface area contributed by atoms with Gasteiger partial charge in [0.2, 0.25) is 10.0 Å². The van der Waals surface area contributed by atoms with E-state index in [1.54, 1.807) is 43.1 Å². The molecule has 4 nitrogen and oxygen atoms in total. The van der Waals surface area contributed by atoms with Gasteiger partial charge in [-0.25, -0.2) is 12.7 Å². The van der Waals surface area contributed by atoms with E-state index in [0.717, 1.165) is 11.3 Å². The fourth-order valence-corrected chi connectivity index (χ4v) is 3.13. The number of benzene rings is 1. The summed E-state index contributed by atoms with van der Waals surface area (Å²) in [5.74, 6) is 0.766. The Kier molecular flexibility index (Phi) is 5.66. The summed E-state index contributed by atoms with van der Waals surface area (Å²) in [4.78, 5) is 0.271. The van der Waals surface area contributed by atoms with E-state index in [9.17, 15) is 8.42 Å². The molecule has 0 saturated heterocycles. The van der Waals surface area contributed by atoms with E-state index < -0.39 is 10.0 Å². The molecule has 0 amide bonds. The summed E-state index contributed by atoms with van der Waals surface area (Å²) < 4.78 is 25.7. The Balaban J connectivity index is 2.88. The Labute approximate surface area is 113 Å². The predicted octanol–water partition coefficient (Wildman–Crippen LogP) is 1.74. The van der Waals surface area contributed by atoms with Crippen LogP contribution in [0.25, 0.3) is 0 Å². The SMILES string of the molecule is CSCCN(C)S(=O)(=O)c1ccc(CC#N)cc1. The van der Waals surface area contributed by atoms with Gasteiger partial charge >= 0.3 is 0 Å². The quantitative estimate of drug-likeness (QED) is 0.798. The van der Waals surface area contributed by atoms with Crippen molar-refractivity contribution in [2.45, 2.75) is 11.3 Å². The molecule has 6 heteroatoms. The Bertz CT molecular complexity index is 518. The Morgan fingerprint density at radius 3 is 2.44 bits per heavy atom. The maximum absolute atomic E-state index is 12.2. The van der Waals surface area contributed by atoms with E-state index in [4.69, 9.17) is 5.26 Å². The summed E-state index contributed by atoms with van der Waals surface area (Å²) in [6, 6.07) is 8.49. The summed E-state index contributed by atoms with van der Waals surface area (Å²) in [6.45, 7) is 0.490. The van der Waals surface area contributed by atoms with Crippen molar-refractivity contribution < 1.29 is 8.42 Å². The molecule has 0 spiro atoms. The fourth-order valence-electron chi connectivity index (χ4n) is 1.39. The highest BCUT2D eigenvalue weighted by atomic mass is 32.2. The van der Waals surface area contributed by atoms with Crippen molar-refractivity contribution in [1.82, 2.24) is 4.31 Å². The number of nitriles is 1. The highest BCUT2D eigenvalue weighted by Gasteiger charge is 2.19. The van der Waals surface area contributed by atoms with Crippen molar-refractivity contribution in [2.24, 2.45) is 0 Å². The highest BCUT2D eigenvalue weighted by Crippen LogP contribution is 2.15. The lowest BCUT2D eigenvalue weighted by Gasteiger charge is -2.16. The largest absolute Gasteiger partial charge is 0.242 e. The average Bonchev–Trinajstić information content (AvgIpc) is 2.37. The lowest BCUT2D eigenvalue weighted by molar-refractivity contribution is 0.488. The van der Waals surface area contributed by atoms with E-state index in [0.29, 0.717) is 13.0 Å².